The van der Waals surface area contributed by atoms with E-state index in [1.807, 2.05) is 0 Å². The summed E-state index contributed by atoms with van der Waals surface area (Å²) in [6.45, 7) is 2.89. The Morgan fingerprint density at radius 3 is 3.30 bits per heavy atom. The van der Waals surface area contributed by atoms with Gasteiger partial charge in [0, 0.05) is 12.3 Å². The van der Waals surface area contributed by atoms with Crippen LogP contribution in [0.3, 0.4) is 0 Å². The summed E-state index contributed by atoms with van der Waals surface area (Å²) in [7, 11) is 0. The minimum Gasteiger partial charge on any atom is -0.372 e. The summed E-state index contributed by atoms with van der Waals surface area (Å²) < 4.78 is 5.06. The van der Waals surface area contributed by atoms with Gasteiger partial charge in [0.25, 0.3) is 0 Å². The van der Waals surface area contributed by atoms with E-state index >= 15 is 0 Å². The van der Waals surface area contributed by atoms with E-state index in [-0.39, 0.29) is 0 Å². The van der Waals surface area contributed by atoms with Gasteiger partial charge in [0.2, 0.25) is 0 Å². The molecule has 1 atom stereocenters. The van der Waals surface area contributed by atoms with Gasteiger partial charge in [-0.1, -0.05) is 11.8 Å². The molecule has 0 spiro atoms. The van der Waals surface area contributed by atoms with Crippen molar-refractivity contribution in [2.75, 3.05) is 25.4 Å². The summed E-state index contributed by atoms with van der Waals surface area (Å²) >= 11 is 1.77. The lowest BCUT2D eigenvalue weighted by molar-refractivity contribution is 0.426. The van der Waals surface area contributed by atoms with Gasteiger partial charge in [0.05, 0.1) is 19.3 Å². The SMILES string of the molecule is C1CNC(SCC2CO2)=N1. The van der Waals surface area contributed by atoms with Gasteiger partial charge >= 0.3 is 0 Å². The van der Waals surface area contributed by atoms with Gasteiger partial charge in [-0.2, -0.15) is 0 Å². The van der Waals surface area contributed by atoms with Gasteiger partial charge in [-0.25, -0.2) is 0 Å². The van der Waals surface area contributed by atoms with E-state index < -0.39 is 0 Å². The Bertz CT molecular complexity index is 156. The minimum absolute atomic E-state index is 0.509. The zero-order valence-electron chi connectivity index (χ0n) is 5.67. The van der Waals surface area contributed by atoms with Crippen molar-refractivity contribution >= 4 is 16.9 Å². The predicted octanol–water partition coefficient (Wildman–Crippen LogP) is 0.0776. The lowest BCUT2D eigenvalue weighted by atomic mass is 10.6. The van der Waals surface area contributed by atoms with Gasteiger partial charge in [0.15, 0.2) is 5.17 Å². The van der Waals surface area contributed by atoms with Crippen LogP contribution < -0.4 is 5.32 Å². The topological polar surface area (TPSA) is 36.9 Å². The molecule has 0 amide bonds. The van der Waals surface area contributed by atoms with Gasteiger partial charge in [-0.05, 0) is 0 Å². The quantitative estimate of drug-likeness (QED) is 0.578. The summed E-state index contributed by atoms with van der Waals surface area (Å²) in [6.07, 6.45) is 0.509. The summed E-state index contributed by atoms with van der Waals surface area (Å²) in [4.78, 5) is 4.25. The van der Waals surface area contributed by atoms with Crippen molar-refractivity contribution in [2.24, 2.45) is 4.99 Å². The van der Waals surface area contributed by atoms with Crippen molar-refractivity contribution in [3.05, 3.63) is 0 Å². The molecule has 2 aliphatic rings. The molecule has 0 bridgehead atoms. The molecule has 1 unspecified atom stereocenters. The van der Waals surface area contributed by atoms with Gasteiger partial charge in [-0.15, -0.1) is 0 Å². The number of rotatable bonds is 2. The third-order valence-electron chi connectivity index (χ3n) is 1.45. The van der Waals surface area contributed by atoms with Crippen molar-refractivity contribution in [3.8, 4) is 0 Å². The molecular formula is C6H10N2OS. The molecule has 0 saturated carbocycles. The first kappa shape index (κ1) is 6.49. The first-order valence-electron chi connectivity index (χ1n) is 3.48. The standard InChI is InChI=1S/C6H10N2OS/c1-2-8-6(7-1)10-4-5-3-9-5/h5H,1-4H2,(H,7,8). The van der Waals surface area contributed by atoms with E-state index in [0.29, 0.717) is 6.10 Å². The van der Waals surface area contributed by atoms with E-state index in [1.165, 1.54) is 0 Å². The number of hydrogen-bond acceptors (Lipinski definition) is 4. The summed E-state index contributed by atoms with van der Waals surface area (Å²) in [5, 5.41) is 4.29. The fraction of sp³-hybridized carbons (Fsp3) is 0.833. The molecule has 0 aromatic heterocycles. The van der Waals surface area contributed by atoms with Crippen LogP contribution in [-0.2, 0) is 4.74 Å². The van der Waals surface area contributed by atoms with Gasteiger partial charge < -0.3 is 10.1 Å². The lowest BCUT2D eigenvalue weighted by Crippen LogP contribution is -2.16. The maximum absolute atomic E-state index is 5.06. The maximum Gasteiger partial charge on any atom is 0.156 e. The van der Waals surface area contributed by atoms with Gasteiger partial charge in [-0.3, -0.25) is 4.99 Å². The molecule has 1 fully saturated rings. The second kappa shape index (κ2) is 2.80. The Labute approximate surface area is 64.2 Å². The van der Waals surface area contributed by atoms with Crippen LogP contribution in [0.2, 0.25) is 0 Å². The van der Waals surface area contributed by atoms with Crippen LogP contribution >= 0.6 is 11.8 Å². The second-order valence-electron chi connectivity index (χ2n) is 2.38. The van der Waals surface area contributed by atoms with Crippen LogP contribution in [0.25, 0.3) is 0 Å². The second-order valence-corrected chi connectivity index (χ2v) is 3.39. The highest BCUT2D eigenvalue weighted by Gasteiger charge is 2.23. The molecular weight excluding hydrogens is 148 g/mol. The molecule has 1 N–H and O–H groups in total. The molecule has 4 heteroatoms. The molecule has 0 aromatic carbocycles. The molecule has 1 saturated heterocycles. The molecule has 3 nitrogen and oxygen atoms in total. The Kier molecular flexibility index (Phi) is 1.82. The summed E-state index contributed by atoms with van der Waals surface area (Å²) in [6, 6.07) is 0. The number of nitrogens with zero attached hydrogens (tertiary/aromatic N) is 1. The van der Waals surface area contributed by atoms with E-state index in [4.69, 9.17) is 4.74 Å². The molecule has 2 heterocycles. The highest BCUT2D eigenvalue weighted by Crippen LogP contribution is 2.16. The summed E-state index contributed by atoms with van der Waals surface area (Å²) in [5.74, 6) is 1.06. The Morgan fingerprint density at radius 2 is 2.70 bits per heavy atom. The van der Waals surface area contributed by atoms with Crippen molar-refractivity contribution in [2.45, 2.75) is 6.10 Å². The molecule has 0 radical (unpaired) electrons. The van der Waals surface area contributed by atoms with E-state index in [0.717, 1.165) is 30.6 Å². The number of epoxide rings is 1. The van der Waals surface area contributed by atoms with E-state index in [9.17, 15) is 0 Å². The van der Waals surface area contributed by atoms with Gasteiger partial charge in [0.1, 0.15) is 0 Å². The number of hydrogen-bond donors (Lipinski definition) is 1. The molecule has 56 valence electrons. The maximum atomic E-state index is 5.06. The Hall–Kier alpha value is -0.220. The smallest absolute Gasteiger partial charge is 0.156 e. The largest absolute Gasteiger partial charge is 0.372 e. The molecule has 2 rings (SSSR count). The highest BCUT2D eigenvalue weighted by molar-refractivity contribution is 8.13. The number of nitrogens with one attached hydrogen (secondary N) is 1. The van der Waals surface area contributed by atoms with Crippen LogP contribution in [0.1, 0.15) is 0 Å². The average Bonchev–Trinajstić information content (AvgIpc) is 2.63. The van der Waals surface area contributed by atoms with Crippen molar-refractivity contribution in [1.82, 2.24) is 5.32 Å². The zero-order chi connectivity index (χ0) is 6.81. The van der Waals surface area contributed by atoms with Crippen molar-refractivity contribution < 1.29 is 4.74 Å². The zero-order valence-corrected chi connectivity index (χ0v) is 6.49. The minimum atomic E-state index is 0.509. The van der Waals surface area contributed by atoms with E-state index in [1.54, 1.807) is 11.8 Å². The van der Waals surface area contributed by atoms with Crippen LogP contribution in [0.5, 0.6) is 0 Å². The molecule has 0 aromatic rings. The fourth-order valence-corrected chi connectivity index (χ4v) is 1.73. The molecule has 0 aliphatic carbocycles. The van der Waals surface area contributed by atoms with Crippen LogP contribution in [0.4, 0.5) is 0 Å². The van der Waals surface area contributed by atoms with E-state index in [2.05, 4.69) is 10.3 Å². The third-order valence-corrected chi connectivity index (χ3v) is 2.54. The summed E-state index contributed by atoms with van der Waals surface area (Å²) in [5.41, 5.74) is 0. The van der Waals surface area contributed by atoms with Crippen LogP contribution in [-0.4, -0.2) is 36.7 Å². The normalized spacial score (nSPS) is 29.6. The number of aliphatic imine (C=N–C) groups is 1. The Morgan fingerprint density at radius 1 is 1.80 bits per heavy atom. The van der Waals surface area contributed by atoms with Crippen molar-refractivity contribution in [1.29, 1.82) is 0 Å². The predicted molar refractivity (Wildman–Crippen MR) is 42.5 cm³/mol. The monoisotopic (exact) mass is 158 g/mol. The third kappa shape index (κ3) is 1.64. The first-order chi connectivity index (χ1) is 4.95. The average molecular weight is 158 g/mol. The molecule has 10 heavy (non-hydrogen) atoms. The lowest BCUT2D eigenvalue weighted by Gasteiger charge is -1.97. The van der Waals surface area contributed by atoms with Crippen molar-refractivity contribution in [3.63, 3.8) is 0 Å². The van der Waals surface area contributed by atoms with Crippen LogP contribution in [0.15, 0.2) is 4.99 Å². The molecule has 2 aliphatic heterocycles. The number of ether oxygens (including phenoxy) is 1. The fourth-order valence-electron chi connectivity index (χ4n) is 0.809. The number of thioether (sulfide) groups is 1. The highest BCUT2D eigenvalue weighted by atomic mass is 32.2. The van der Waals surface area contributed by atoms with Crippen LogP contribution in [0, 0.1) is 0 Å². The number of amidine groups is 1. The first-order valence-corrected chi connectivity index (χ1v) is 4.46. The Balaban J connectivity index is 1.68.